The van der Waals surface area contributed by atoms with Gasteiger partial charge in [-0.3, -0.25) is 0 Å². The molecular formula is C18H39OS+. The first-order valence-corrected chi connectivity index (χ1v) is 10.7. The fraction of sp³-hybridized carbons (Fsp3) is 1.00. The lowest BCUT2D eigenvalue weighted by Crippen LogP contribution is -2.07. The van der Waals surface area contributed by atoms with E-state index in [9.17, 15) is 4.55 Å². The minimum Gasteiger partial charge on any atom is -0.188 e. The van der Waals surface area contributed by atoms with Crippen LogP contribution in [0.3, 0.4) is 0 Å². The number of hydrogen-bond donors (Lipinski definition) is 1. The molecule has 1 N–H and O–H groups in total. The summed E-state index contributed by atoms with van der Waals surface area (Å²) in [4.78, 5) is 0. The van der Waals surface area contributed by atoms with Crippen molar-refractivity contribution in [3.63, 3.8) is 0 Å². The summed E-state index contributed by atoms with van der Waals surface area (Å²) in [5, 5.41) is 0. The van der Waals surface area contributed by atoms with Crippen molar-refractivity contribution in [3.05, 3.63) is 0 Å². The van der Waals surface area contributed by atoms with Crippen molar-refractivity contribution >= 4 is 11.2 Å². The molecule has 20 heavy (non-hydrogen) atoms. The molecule has 0 rings (SSSR count). The van der Waals surface area contributed by atoms with Crippen molar-refractivity contribution in [3.8, 4) is 0 Å². The number of rotatable bonds is 16. The Morgan fingerprint density at radius 2 is 0.900 bits per heavy atom. The largest absolute Gasteiger partial charge is 0.188 e. The molecule has 1 nitrogen and oxygen atoms in total. The predicted molar refractivity (Wildman–Crippen MR) is 95.7 cm³/mol. The third-order valence-corrected chi connectivity index (χ3v) is 5.49. The van der Waals surface area contributed by atoms with Gasteiger partial charge in [0.05, 0.1) is 0 Å². The normalized spacial score (nSPS) is 12.8. The molecule has 1 unspecified atom stereocenters. The van der Waals surface area contributed by atoms with E-state index in [-0.39, 0.29) is 11.2 Å². The van der Waals surface area contributed by atoms with Gasteiger partial charge in [-0.1, -0.05) is 84.0 Å². The van der Waals surface area contributed by atoms with Gasteiger partial charge in [-0.05, 0) is 19.8 Å². The minimum absolute atomic E-state index is 0.293. The van der Waals surface area contributed by atoms with E-state index < -0.39 is 0 Å². The molecule has 0 aliphatic carbocycles. The van der Waals surface area contributed by atoms with Gasteiger partial charge in [0.1, 0.15) is 22.7 Å². The highest BCUT2D eigenvalue weighted by Gasteiger charge is 2.09. The van der Waals surface area contributed by atoms with E-state index in [2.05, 4.69) is 13.8 Å². The van der Waals surface area contributed by atoms with Crippen LogP contribution in [0.5, 0.6) is 0 Å². The van der Waals surface area contributed by atoms with Gasteiger partial charge in [0.2, 0.25) is 0 Å². The fourth-order valence-corrected chi connectivity index (χ4v) is 3.43. The van der Waals surface area contributed by atoms with Gasteiger partial charge in [-0.15, -0.1) is 0 Å². The third-order valence-electron chi connectivity index (χ3n) is 4.07. The molecule has 0 aromatic carbocycles. The van der Waals surface area contributed by atoms with E-state index in [1.807, 2.05) is 0 Å². The second-order valence-corrected chi connectivity index (χ2v) is 7.96. The summed E-state index contributed by atoms with van der Waals surface area (Å²) in [6, 6.07) is 0. The molecule has 0 bridgehead atoms. The molecular weight excluding hydrogens is 264 g/mol. The highest BCUT2D eigenvalue weighted by molar-refractivity contribution is 7.91. The van der Waals surface area contributed by atoms with Crippen LogP contribution < -0.4 is 0 Å². The zero-order valence-electron chi connectivity index (χ0n) is 14.2. The van der Waals surface area contributed by atoms with Gasteiger partial charge in [0.25, 0.3) is 0 Å². The Morgan fingerprint density at radius 1 is 0.550 bits per heavy atom. The first-order chi connectivity index (χ1) is 9.81. The van der Waals surface area contributed by atoms with Crippen molar-refractivity contribution in [1.82, 2.24) is 0 Å². The molecule has 0 aliphatic heterocycles. The summed E-state index contributed by atoms with van der Waals surface area (Å²) in [6.45, 7) is 4.36. The lowest BCUT2D eigenvalue weighted by molar-refractivity contribution is 0.538. The molecule has 0 radical (unpaired) electrons. The Labute approximate surface area is 131 Å². The van der Waals surface area contributed by atoms with Crippen LogP contribution >= 0.6 is 0 Å². The Hall–Kier alpha value is 0.310. The molecule has 0 aromatic rings. The third kappa shape index (κ3) is 16.4. The standard InChI is InChI=1S/C18H39OS/c1-3-5-6-7-8-9-10-11-12-13-14-15-16-17-18-20(19)4-2/h19H,3-18H2,1-2H3/q+1. The topological polar surface area (TPSA) is 20.2 Å². The van der Waals surface area contributed by atoms with Crippen LogP contribution in [0.25, 0.3) is 0 Å². The van der Waals surface area contributed by atoms with Crippen LogP contribution in [0, 0.1) is 0 Å². The highest BCUT2D eigenvalue weighted by atomic mass is 32.2. The molecule has 1 atom stereocenters. The minimum atomic E-state index is -0.293. The fourth-order valence-electron chi connectivity index (χ4n) is 2.61. The Kier molecular flexibility index (Phi) is 17.6. The maximum absolute atomic E-state index is 9.48. The van der Waals surface area contributed by atoms with Crippen LogP contribution in [-0.2, 0) is 11.2 Å². The molecule has 0 saturated heterocycles. The first-order valence-electron chi connectivity index (χ1n) is 9.17. The van der Waals surface area contributed by atoms with E-state index in [4.69, 9.17) is 0 Å². The monoisotopic (exact) mass is 303 g/mol. The summed E-state index contributed by atoms with van der Waals surface area (Å²) in [7, 11) is 0. The van der Waals surface area contributed by atoms with Crippen molar-refractivity contribution in [1.29, 1.82) is 0 Å². The zero-order valence-corrected chi connectivity index (χ0v) is 15.0. The zero-order chi connectivity index (χ0) is 14.9. The van der Waals surface area contributed by atoms with E-state index in [1.165, 1.54) is 89.9 Å². The Bertz CT molecular complexity index is 173. The average molecular weight is 304 g/mol. The van der Waals surface area contributed by atoms with Crippen LogP contribution in [0.1, 0.15) is 104 Å². The summed E-state index contributed by atoms with van der Waals surface area (Å²) in [6.07, 6.45) is 19.7. The van der Waals surface area contributed by atoms with Gasteiger partial charge in [0, 0.05) is 0 Å². The van der Waals surface area contributed by atoms with Gasteiger partial charge < -0.3 is 0 Å². The van der Waals surface area contributed by atoms with Crippen molar-refractivity contribution in [2.24, 2.45) is 0 Å². The van der Waals surface area contributed by atoms with Crippen LogP contribution in [0.15, 0.2) is 0 Å². The number of unbranched alkanes of at least 4 members (excludes halogenated alkanes) is 13. The molecule has 0 saturated carbocycles. The SMILES string of the molecule is CCCCCCCCCCCCCCCC[S+](O)CC. The van der Waals surface area contributed by atoms with Gasteiger partial charge in [0.15, 0.2) is 0 Å². The van der Waals surface area contributed by atoms with E-state index in [1.54, 1.807) is 0 Å². The Balaban J connectivity index is 2.96. The molecule has 0 heterocycles. The van der Waals surface area contributed by atoms with Gasteiger partial charge in [-0.25, -0.2) is 0 Å². The molecule has 122 valence electrons. The Morgan fingerprint density at radius 3 is 1.25 bits per heavy atom. The van der Waals surface area contributed by atoms with E-state index >= 15 is 0 Å². The van der Waals surface area contributed by atoms with Crippen LogP contribution in [0.4, 0.5) is 0 Å². The van der Waals surface area contributed by atoms with Crippen molar-refractivity contribution in [2.75, 3.05) is 11.5 Å². The molecule has 0 fully saturated rings. The van der Waals surface area contributed by atoms with Crippen molar-refractivity contribution < 1.29 is 4.55 Å². The quantitative estimate of drug-likeness (QED) is 0.252. The molecule has 0 aliphatic rings. The van der Waals surface area contributed by atoms with Crippen LogP contribution in [-0.4, -0.2) is 16.1 Å². The highest BCUT2D eigenvalue weighted by Crippen LogP contribution is 2.13. The second-order valence-electron chi connectivity index (χ2n) is 6.05. The van der Waals surface area contributed by atoms with Crippen LogP contribution in [0.2, 0.25) is 0 Å². The molecule has 0 amide bonds. The lowest BCUT2D eigenvalue weighted by Gasteiger charge is -2.03. The predicted octanol–water partition coefficient (Wildman–Crippen LogP) is 6.58. The summed E-state index contributed by atoms with van der Waals surface area (Å²) in [5.41, 5.74) is 0. The first kappa shape index (κ1) is 20.3. The maximum atomic E-state index is 9.48. The summed E-state index contributed by atoms with van der Waals surface area (Å²) in [5.74, 6) is 1.98. The lowest BCUT2D eigenvalue weighted by atomic mass is 10.0. The maximum Gasteiger partial charge on any atom is 0.143 e. The summed E-state index contributed by atoms with van der Waals surface area (Å²) < 4.78 is 9.48. The van der Waals surface area contributed by atoms with Crippen molar-refractivity contribution in [2.45, 2.75) is 104 Å². The summed E-state index contributed by atoms with van der Waals surface area (Å²) >= 11 is -0.293. The smallest absolute Gasteiger partial charge is 0.143 e. The van der Waals surface area contributed by atoms with Gasteiger partial charge in [-0.2, -0.15) is 4.55 Å². The molecule has 2 heteroatoms. The molecule has 0 spiro atoms. The van der Waals surface area contributed by atoms with Gasteiger partial charge >= 0.3 is 0 Å². The van der Waals surface area contributed by atoms with E-state index in [0.29, 0.717) is 0 Å². The number of hydrogen-bond acceptors (Lipinski definition) is 1. The van der Waals surface area contributed by atoms with E-state index in [0.717, 1.165) is 11.5 Å². The molecule has 0 aromatic heterocycles. The average Bonchev–Trinajstić information content (AvgIpc) is 2.47. The second kappa shape index (κ2) is 17.4.